The van der Waals surface area contributed by atoms with E-state index in [1.54, 1.807) is 0 Å². The van der Waals surface area contributed by atoms with Crippen LogP contribution in [0.4, 0.5) is 0 Å². The normalized spacial score (nSPS) is 11.1. The Hall–Kier alpha value is -1.48. The highest BCUT2D eigenvalue weighted by Crippen LogP contribution is 2.22. The smallest absolute Gasteiger partial charge is 0.268 e. The van der Waals surface area contributed by atoms with Gasteiger partial charge in [-0.25, -0.2) is 0 Å². The Bertz CT molecular complexity index is 572. The molecule has 0 unspecified atom stereocenters. The van der Waals surface area contributed by atoms with Crippen molar-refractivity contribution < 1.29 is 4.79 Å². The molecule has 0 fully saturated rings. The molecule has 1 heterocycles. The molecule has 0 atom stereocenters. The van der Waals surface area contributed by atoms with Crippen molar-refractivity contribution >= 4 is 28.4 Å². The van der Waals surface area contributed by atoms with Gasteiger partial charge in [-0.3, -0.25) is 4.79 Å². The minimum Gasteiger partial charge on any atom is -0.349 e. The van der Waals surface area contributed by atoms with Gasteiger partial charge in [-0.05, 0) is 38.1 Å². The summed E-state index contributed by atoms with van der Waals surface area (Å²) in [6.45, 7) is 3.88. The van der Waals surface area contributed by atoms with Crippen LogP contribution in [0.1, 0.15) is 24.3 Å². The number of benzene rings is 1. The zero-order chi connectivity index (χ0) is 12.6. The topological polar surface area (TPSA) is 34.0 Å². The Labute approximate surface area is 105 Å². The predicted octanol–water partition coefficient (Wildman–Crippen LogP) is 2.97. The third-order valence-electron chi connectivity index (χ3n) is 2.66. The standard InChI is InChI=1S/C13H15ClN2O/c1-8(2)15-13(17)12-7-9-6-10(14)4-5-11(9)16(12)3/h4-8H,1-3H3,(H,15,17). The molecule has 0 aliphatic heterocycles. The summed E-state index contributed by atoms with van der Waals surface area (Å²) in [4.78, 5) is 12.0. The third-order valence-corrected chi connectivity index (χ3v) is 2.89. The number of aryl methyl sites for hydroxylation is 1. The van der Waals surface area contributed by atoms with E-state index in [2.05, 4.69) is 5.32 Å². The number of fused-ring (bicyclic) bond motifs is 1. The second kappa shape index (κ2) is 4.41. The molecule has 0 spiro atoms. The summed E-state index contributed by atoms with van der Waals surface area (Å²) in [6.07, 6.45) is 0. The molecule has 3 nitrogen and oxygen atoms in total. The number of nitrogens with one attached hydrogen (secondary N) is 1. The molecule has 17 heavy (non-hydrogen) atoms. The number of aromatic nitrogens is 1. The van der Waals surface area contributed by atoms with Gasteiger partial charge < -0.3 is 9.88 Å². The number of amides is 1. The maximum Gasteiger partial charge on any atom is 0.268 e. The third kappa shape index (κ3) is 2.29. The minimum absolute atomic E-state index is 0.0603. The quantitative estimate of drug-likeness (QED) is 0.874. The highest BCUT2D eigenvalue weighted by atomic mass is 35.5. The molecular formula is C13H15ClN2O. The maximum absolute atomic E-state index is 12.0. The van der Waals surface area contributed by atoms with Crippen LogP contribution in [-0.2, 0) is 7.05 Å². The molecule has 0 aliphatic carbocycles. The summed E-state index contributed by atoms with van der Waals surface area (Å²) in [7, 11) is 1.88. The van der Waals surface area contributed by atoms with Crippen molar-refractivity contribution in [2.45, 2.75) is 19.9 Å². The first-order valence-corrected chi connectivity index (χ1v) is 5.92. The molecule has 1 aromatic heterocycles. The molecule has 0 aliphatic rings. The van der Waals surface area contributed by atoms with E-state index in [9.17, 15) is 4.79 Å². The van der Waals surface area contributed by atoms with E-state index in [1.807, 2.05) is 49.7 Å². The molecule has 1 N–H and O–H groups in total. The largest absolute Gasteiger partial charge is 0.349 e. The molecule has 1 amide bonds. The van der Waals surface area contributed by atoms with Gasteiger partial charge in [0.1, 0.15) is 5.69 Å². The van der Waals surface area contributed by atoms with Crippen molar-refractivity contribution in [2.75, 3.05) is 0 Å². The molecule has 0 saturated carbocycles. The molecule has 4 heteroatoms. The summed E-state index contributed by atoms with van der Waals surface area (Å²) in [5.41, 5.74) is 1.65. The number of rotatable bonds is 2. The molecular weight excluding hydrogens is 236 g/mol. The van der Waals surface area contributed by atoms with Gasteiger partial charge in [-0.2, -0.15) is 0 Å². The summed E-state index contributed by atoms with van der Waals surface area (Å²) >= 11 is 5.93. The number of halogens is 1. The minimum atomic E-state index is -0.0603. The van der Waals surface area contributed by atoms with Crippen LogP contribution in [0.15, 0.2) is 24.3 Å². The van der Waals surface area contributed by atoms with E-state index >= 15 is 0 Å². The van der Waals surface area contributed by atoms with E-state index in [1.165, 1.54) is 0 Å². The highest BCUT2D eigenvalue weighted by Gasteiger charge is 2.13. The Morgan fingerprint density at radius 1 is 1.35 bits per heavy atom. The Morgan fingerprint density at radius 2 is 2.06 bits per heavy atom. The Kier molecular flexibility index (Phi) is 3.11. The van der Waals surface area contributed by atoms with Crippen LogP contribution in [-0.4, -0.2) is 16.5 Å². The van der Waals surface area contributed by atoms with Crippen molar-refractivity contribution in [3.05, 3.63) is 35.0 Å². The van der Waals surface area contributed by atoms with Crippen molar-refractivity contribution in [2.24, 2.45) is 7.05 Å². The molecule has 90 valence electrons. The van der Waals surface area contributed by atoms with Crippen LogP contribution in [0.2, 0.25) is 5.02 Å². The number of nitrogens with zero attached hydrogens (tertiary/aromatic N) is 1. The number of hydrogen-bond acceptors (Lipinski definition) is 1. The van der Waals surface area contributed by atoms with Gasteiger partial charge in [-0.15, -0.1) is 0 Å². The van der Waals surface area contributed by atoms with E-state index in [-0.39, 0.29) is 11.9 Å². The molecule has 0 bridgehead atoms. The van der Waals surface area contributed by atoms with Gasteiger partial charge in [0.2, 0.25) is 0 Å². The number of carbonyl (C=O) groups excluding carboxylic acids is 1. The SMILES string of the molecule is CC(C)NC(=O)c1cc2cc(Cl)ccc2n1C. The van der Waals surface area contributed by atoms with Gasteiger partial charge >= 0.3 is 0 Å². The first-order chi connectivity index (χ1) is 7.99. The predicted molar refractivity (Wildman–Crippen MR) is 70.5 cm³/mol. The van der Waals surface area contributed by atoms with Crippen molar-refractivity contribution in [1.29, 1.82) is 0 Å². The molecule has 0 saturated heterocycles. The first kappa shape index (κ1) is 12.0. The monoisotopic (exact) mass is 250 g/mol. The average molecular weight is 251 g/mol. The second-order valence-corrected chi connectivity index (χ2v) is 4.86. The van der Waals surface area contributed by atoms with Crippen LogP contribution >= 0.6 is 11.6 Å². The lowest BCUT2D eigenvalue weighted by atomic mass is 10.2. The van der Waals surface area contributed by atoms with E-state index < -0.39 is 0 Å². The van der Waals surface area contributed by atoms with Crippen LogP contribution in [0, 0.1) is 0 Å². The van der Waals surface area contributed by atoms with Crippen molar-refractivity contribution in [1.82, 2.24) is 9.88 Å². The molecule has 1 aromatic carbocycles. The van der Waals surface area contributed by atoms with Crippen LogP contribution in [0.25, 0.3) is 10.9 Å². The van der Waals surface area contributed by atoms with Crippen LogP contribution < -0.4 is 5.32 Å². The maximum atomic E-state index is 12.0. The molecule has 2 rings (SSSR count). The molecule has 2 aromatic rings. The summed E-state index contributed by atoms with van der Waals surface area (Å²) < 4.78 is 1.88. The van der Waals surface area contributed by atoms with Gasteiger partial charge in [0.05, 0.1) is 0 Å². The first-order valence-electron chi connectivity index (χ1n) is 5.55. The lowest BCUT2D eigenvalue weighted by molar-refractivity contribution is 0.0935. The van der Waals surface area contributed by atoms with Gasteiger partial charge in [0, 0.05) is 29.0 Å². The lowest BCUT2D eigenvalue weighted by Crippen LogP contribution is -2.31. The van der Waals surface area contributed by atoms with E-state index in [0.717, 1.165) is 10.9 Å². The second-order valence-electron chi connectivity index (χ2n) is 4.42. The Morgan fingerprint density at radius 3 is 2.71 bits per heavy atom. The number of carbonyl (C=O) groups is 1. The fourth-order valence-electron chi connectivity index (χ4n) is 1.87. The Balaban J connectivity index is 2.48. The van der Waals surface area contributed by atoms with Gasteiger partial charge in [-0.1, -0.05) is 11.6 Å². The van der Waals surface area contributed by atoms with Crippen LogP contribution in [0.5, 0.6) is 0 Å². The summed E-state index contributed by atoms with van der Waals surface area (Å²) in [5.74, 6) is -0.0603. The average Bonchev–Trinajstić information content (AvgIpc) is 2.54. The number of hydrogen-bond donors (Lipinski definition) is 1. The van der Waals surface area contributed by atoms with Crippen molar-refractivity contribution in [3.63, 3.8) is 0 Å². The fraction of sp³-hybridized carbons (Fsp3) is 0.308. The summed E-state index contributed by atoms with van der Waals surface area (Å²) in [5, 5.41) is 4.54. The highest BCUT2D eigenvalue weighted by molar-refractivity contribution is 6.31. The summed E-state index contributed by atoms with van der Waals surface area (Å²) in [6, 6.07) is 7.60. The van der Waals surface area contributed by atoms with Gasteiger partial charge in [0.15, 0.2) is 0 Å². The lowest BCUT2D eigenvalue weighted by Gasteiger charge is -2.08. The van der Waals surface area contributed by atoms with Gasteiger partial charge in [0.25, 0.3) is 5.91 Å². The zero-order valence-corrected chi connectivity index (χ0v) is 10.9. The zero-order valence-electron chi connectivity index (χ0n) is 10.1. The molecule has 0 radical (unpaired) electrons. The van der Waals surface area contributed by atoms with E-state index in [4.69, 9.17) is 11.6 Å². The fourth-order valence-corrected chi connectivity index (χ4v) is 2.05. The van der Waals surface area contributed by atoms with Crippen LogP contribution in [0.3, 0.4) is 0 Å². The van der Waals surface area contributed by atoms with Crippen molar-refractivity contribution in [3.8, 4) is 0 Å². The van der Waals surface area contributed by atoms with E-state index in [0.29, 0.717) is 10.7 Å².